The monoisotopic (exact) mass is 312 g/mol. The third kappa shape index (κ3) is 1.94. The quantitative estimate of drug-likeness (QED) is 0.666. The number of imide groups is 1. The maximum Gasteiger partial charge on any atom is 0.246 e. The van der Waals surface area contributed by atoms with Crippen LogP contribution in [0, 0.1) is 11.3 Å². The van der Waals surface area contributed by atoms with Crippen molar-refractivity contribution in [2.75, 3.05) is 4.90 Å². The number of carbonyl (C=O) groups excluding carboxylic acids is 4. The molecule has 6 heteroatoms. The summed E-state index contributed by atoms with van der Waals surface area (Å²) in [7, 11) is 0. The van der Waals surface area contributed by atoms with Crippen molar-refractivity contribution < 1.29 is 19.2 Å². The number of rotatable bonds is 5. The Balaban J connectivity index is 2.14. The number of allylic oxidation sites excluding steroid dienone is 2. The van der Waals surface area contributed by atoms with E-state index in [-0.39, 0.29) is 28.8 Å². The highest BCUT2D eigenvalue weighted by molar-refractivity contribution is 6.26. The second-order valence-electron chi connectivity index (χ2n) is 5.73. The lowest BCUT2D eigenvalue weighted by atomic mass is 9.71. The Morgan fingerprint density at radius 3 is 2.70 bits per heavy atom. The molecule has 1 aliphatic heterocycles. The molecular weight excluding hydrogens is 296 g/mol. The Morgan fingerprint density at radius 2 is 2.04 bits per heavy atom. The standard InChI is InChI=1S/C17H16N2O4/c1-2-6-17-7-4-3-5-13(17)15(22)19(16(17)23)14-12(10-21)11(9-20)8-18-14/h3-5,7-10,13,18H,2,6H2,1H3. The highest BCUT2D eigenvalue weighted by Gasteiger charge is 2.58. The van der Waals surface area contributed by atoms with Crippen molar-refractivity contribution in [3.63, 3.8) is 0 Å². The summed E-state index contributed by atoms with van der Waals surface area (Å²) in [5, 5.41) is 0. The van der Waals surface area contributed by atoms with Gasteiger partial charge in [-0.15, -0.1) is 0 Å². The topological polar surface area (TPSA) is 87.3 Å². The van der Waals surface area contributed by atoms with E-state index in [0.717, 1.165) is 11.3 Å². The zero-order valence-corrected chi connectivity index (χ0v) is 12.6. The first kappa shape index (κ1) is 15.1. The van der Waals surface area contributed by atoms with Crippen molar-refractivity contribution in [3.8, 4) is 0 Å². The van der Waals surface area contributed by atoms with Gasteiger partial charge in [-0.1, -0.05) is 37.6 Å². The van der Waals surface area contributed by atoms with Crippen molar-refractivity contribution >= 4 is 30.2 Å². The number of hydrogen-bond donors (Lipinski definition) is 1. The average molecular weight is 312 g/mol. The lowest BCUT2D eigenvalue weighted by Crippen LogP contribution is -2.36. The summed E-state index contributed by atoms with van der Waals surface area (Å²) in [6.45, 7) is 1.95. The fraction of sp³-hybridized carbons (Fsp3) is 0.294. The molecule has 23 heavy (non-hydrogen) atoms. The first-order valence-corrected chi connectivity index (χ1v) is 7.47. The second kappa shape index (κ2) is 5.46. The SMILES string of the molecule is CCCC12C=CC=CC1C(=O)N(c1[nH]cc(C=O)c1C=O)C2=O. The number of anilines is 1. The first-order valence-electron chi connectivity index (χ1n) is 7.47. The number of nitrogens with zero attached hydrogens (tertiary/aromatic N) is 1. The van der Waals surface area contributed by atoms with Gasteiger partial charge in [0.25, 0.3) is 0 Å². The molecule has 1 fully saturated rings. The minimum absolute atomic E-state index is 0.0277. The zero-order chi connectivity index (χ0) is 16.6. The first-order chi connectivity index (χ1) is 11.1. The van der Waals surface area contributed by atoms with Crippen LogP contribution in [0.4, 0.5) is 5.82 Å². The number of fused-ring (bicyclic) bond motifs is 1. The number of aromatic nitrogens is 1. The van der Waals surface area contributed by atoms with Crippen LogP contribution in [-0.2, 0) is 9.59 Å². The van der Waals surface area contributed by atoms with E-state index in [1.807, 2.05) is 6.92 Å². The summed E-state index contributed by atoms with van der Waals surface area (Å²) >= 11 is 0. The second-order valence-corrected chi connectivity index (χ2v) is 5.73. The lowest BCUT2D eigenvalue weighted by Gasteiger charge is -2.28. The summed E-state index contributed by atoms with van der Waals surface area (Å²) in [6.07, 6.45) is 10.6. The third-order valence-corrected chi connectivity index (χ3v) is 4.51. The van der Waals surface area contributed by atoms with Crippen LogP contribution < -0.4 is 4.90 Å². The van der Waals surface area contributed by atoms with E-state index < -0.39 is 11.3 Å². The molecule has 6 nitrogen and oxygen atoms in total. The molecule has 2 heterocycles. The van der Waals surface area contributed by atoms with E-state index in [4.69, 9.17) is 0 Å². The maximum atomic E-state index is 13.0. The van der Waals surface area contributed by atoms with Crippen molar-refractivity contribution in [1.82, 2.24) is 4.98 Å². The number of amides is 2. The van der Waals surface area contributed by atoms with E-state index in [2.05, 4.69) is 4.98 Å². The van der Waals surface area contributed by atoms with Crippen LogP contribution in [0.5, 0.6) is 0 Å². The van der Waals surface area contributed by atoms with Crippen molar-refractivity contribution in [3.05, 3.63) is 41.6 Å². The summed E-state index contributed by atoms with van der Waals surface area (Å²) in [5.41, 5.74) is -0.756. The number of aldehydes is 2. The number of carbonyl (C=O) groups is 4. The average Bonchev–Trinajstić information content (AvgIpc) is 3.06. The van der Waals surface area contributed by atoms with Crippen molar-refractivity contribution in [1.29, 1.82) is 0 Å². The van der Waals surface area contributed by atoms with Crippen molar-refractivity contribution in [2.45, 2.75) is 19.8 Å². The fourth-order valence-corrected chi connectivity index (χ4v) is 3.45. The smallest absolute Gasteiger partial charge is 0.246 e. The molecule has 2 unspecified atom stereocenters. The summed E-state index contributed by atoms with van der Waals surface area (Å²) in [4.78, 5) is 51.9. The van der Waals surface area contributed by atoms with Gasteiger partial charge in [-0.3, -0.25) is 19.2 Å². The van der Waals surface area contributed by atoms with Crippen LogP contribution in [-0.4, -0.2) is 29.4 Å². The maximum absolute atomic E-state index is 13.0. The van der Waals surface area contributed by atoms with Crippen LogP contribution in [0.25, 0.3) is 0 Å². The van der Waals surface area contributed by atoms with Gasteiger partial charge >= 0.3 is 0 Å². The van der Waals surface area contributed by atoms with E-state index >= 15 is 0 Å². The molecule has 2 amide bonds. The number of nitrogens with one attached hydrogen (secondary N) is 1. The van der Waals surface area contributed by atoms with Gasteiger partial charge in [0, 0.05) is 11.8 Å². The third-order valence-electron chi connectivity index (χ3n) is 4.51. The van der Waals surface area contributed by atoms with Crippen LogP contribution in [0.3, 0.4) is 0 Å². The Kier molecular flexibility index (Phi) is 3.60. The number of aromatic amines is 1. The molecule has 1 saturated heterocycles. The van der Waals surface area contributed by atoms with Gasteiger partial charge in [-0.25, -0.2) is 4.90 Å². The molecule has 2 atom stereocenters. The predicted molar refractivity (Wildman–Crippen MR) is 83.2 cm³/mol. The fourth-order valence-electron chi connectivity index (χ4n) is 3.45. The van der Waals surface area contributed by atoms with Gasteiger partial charge in [-0.2, -0.15) is 0 Å². The summed E-state index contributed by atoms with van der Waals surface area (Å²) in [6, 6.07) is 0. The highest BCUT2D eigenvalue weighted by atomic mass is 16.2. The minimum Gasteiger partial charge on any atom is -0.346 e. The van der Waals surface area contributed by atoms with Gasteiger partial charge < -0.3 is 4.98 Å². The molecule has 0 radical (unpaired) electrons. The summed E-state index contributed by atoms with van der Waals surface area (Å²) in [5.74, 6) is -1.25. The van der Waals surface area contributed by atoms with E-state index in [1.54, 1.807) is 24.3 Å². The molecule has 1 aromatic heterocycles. The highest BCUT2D eigenvalue weighted by Crippen LogP contribution is 2.47. The van der Waals surface area contributed by atoms with Crippen LogP contribution in [0.2, 0.25) is 0 Å². The van der Waals surface area contributed by atoms with Gasteiger partial charge in [0.15, 0.2) is 12.6 Å². The molecule has 0 spiro atoms. The normalized spacial score (nSPS) is 25.8. The predicted octanol–water partition coefficient (Wildman–Crippen LogP) is 2.04. The van der Waals surface area contributed by atoms with Gasteiger partial charge in [0.1, 0.15) is 5.82 Å². The largest absolute Gasteiger partial charge is 0.346 e. The van der Waals surface area contributed by atoms with Gasteiger partial charge in [0.05, 0.1) is 16.9 Å². The van der Waals surface area contributed by atoms with Gasteiger partial charge in [-0.05, 0) is 6.42 Å². The molecule has 1 aliphatic carbocycles. The summed E-state index contributed by atoms with van der Waals surface area (Å²) < 4.78 is 0. The van der Waals surface area contributed by atoms with Crippen LogP contribution in [0.15, 0.2) is 30.5 Å². The van der Waals surface area contributed by atoms with E-state index in [1.165, 1.54) is 6.20 Å². The molecule has 0 bridgehead atoms. The Hall–Kier alpha value is -2.76. The molecule has 2 aliphatic rings. The zero-order valence-electron chi connectivity index (χ0n) is 12.6. The molecule has 1 N–H and O–H groups in total. The minimum atomic E-state index is -0.910. The molecule has 118 valence electrons. The number of H-pyrrole nitrogens is 1. The van der Waals surface area contributed by atoms with Crippen molar-refractivity contribution in [2.24, 2.45) is 11.3 Å². The van der Waals surface area contributed by atoms with Crippen LogP contribution in [0.1, 0.15) is 40.5 Å². The molecular formula is C17H16N2O4. The number of hydrogen-bond acceptors (Lipinski definition) is 4. The van der Waals surface area contributed by atoms with Gasteiger partial charge in [0.2, 0.25) is 11.8 Å². The lowest BCUT2D eigenvalue weighted by molar-refractivity contribution is -0.124. The van der Waals surface area contributed by atoms with E-state index in [0.29, 0.717) is 19.0 Å². The van der Waals surface area contributed by atoms with E-state index in [9.17, 15) is 19.2 Å². The molecule has 0 aromatic carbocycles. The Labute approximate surface area is 132 Å². The Morgan fingerprint density at radius 1 is 1.26 bits per heavy atom. The van der Waals surface area contributed by atoms with Crippen LogP contribution >= 0.6 is 0 Å². The Bertz CT molecular complexity index is 759. The molecule has 0 saturated carbocycles. The molecule has 1 aromatic rings. The molecule has 3 rings (SSSR count).